The van der Waals surface area contributed by atoms with Gasteiger partial charge in [-0.3, -0.25) is 14.4 Å². The molecule has 0 bridgehead atoms. The summed E-state index contributed by atoms with van der Waals surface area (Å²) in [7, 11) is 0. The van der Waals surface area contributed by atoms with Crippen LogP contribution in [0.25, 0.3) is 0 Å². The van der Waals surface area contributed by atoms with E-state index in [9.17, 15) is 14.4 Å². The molecule has 0 aliphatic carbocycles. The third-order valence-electron chi connectivity index (χ3n) is 4.21. The molecule has 0 radical (unpaired) electrons. The van der Waals surface area contributed by atoms with Crippen molar-refractivity contribution in [2.24, 2.45) is 5.92 Å². The van der Waals surface area contributed by atoms with Gasteiger partial charge in [-0.1, -0.05) is 54.1 Å². The number of carboxylic acids is 1. The minimum atomic E-state index is -1.06. The van der Waals surface area contributed by atoms with E-state index in [1.807, 2.05) is 30.3 Å². The van der Waals surface area contributed by atoms with Crippen LogP contribution in [0.2, 0.25) is 5.02 Å². The van der Waals surface area contributed by atoms with Gasteiger partial charge in [0.05, 0.1) is 23.0 Å². The molecule has 7 nitrogen and oxygen atoms in total. The van der Waals surface area contributed by atoms with Gasteiger partial charge in [0.1, 0.15) is 5.69 Å². The van der Waals surface area contributed by atoms with Crippen molar-refractivity contribution in [3.8, 4) is 0 Å². The lowest BCUT2D eigenvalue weighted by molar-refractivity contribution is -0.140. The van der Waals surface area contributed by atoms with Gasteiger partial charge in [-0.05, 0) is 24.1 Å². The first-order valence-corrected chi connectivity index (χ1v) is 10.3. The average Bonchev–Trinajstić information content (AvgIpc) is 3.18. The van der Waals surface area contributed by atoms with Crippen molar-refractivity contribution in [1.82, 2.24) is 4.98 Å². The summed E-state index contributed by atoms with van der Waals surface area (Å²) >= 11 is 7.11. The summed E-state index contributed by atoms with van der Waals surface area (Å²) in [5, 5.41) is 16.6. The number of hydrogen-bond acceptors (Lipinski definition) is 5. The fourth-order valence-electron chi connectivity index (χ4n) is 2.76. The van der Waals surface area contributed by atoms with Crippen molar-refractivity contribution < 1.29 is 19.5 Å². The van der Waals surface area contributed by atoms with Gasteiger partial charge in [-0.15, -0.1) is 11.3 Å². The number of carbonyl (C=O) groups excluding carboxylic acids is 2. The standard InChI is InChI=1S/C21H18ClN3O4S/c22-15-8-4-5-9-16(15)23-20(29)17-12-30-21(24-17)25-19(28)14(11-18(26)27)10-13-6-2-1-3-7-13/h1-9,12,14H,10-11H2,(H,23,29)(H,26,27)(H,24,25,28). The first-order chi connectivity index (χ1) is 14.4. The smallest absolute Gasteiger partial charge is 0.304 e. The van der Waals surface area contributed by atoms with E-state index < -0.39 is 23.7 Å². The summed E-state index contributed by atoms with van der Waals surface area (Å²) < 4.78 is 0. The molecule has 2 aromatic carbocycles. The lowest BCUT2D eigenvalue weighted by atomic mass is 9.95. The Balaban J connectivity index is 1.66. The Morgan fingerprint density at radius 3 is 2.43 bits per heavy atom. The lowest BCUT2D eigenvalue weighted by Gasteiger charge is -2.14. The Morgan fingerprint density at radius 1 is 1.03 bits per heavy atom. The van der Waals surface area contributed by atoms with Crippen LogP contribution in [-0.2, 0) is 16.0 Å². The zero-order valence-electron chi connectivity index (χ0n) is 15.7. The highest BCUT2D eigenvalue weighted by Crippen LogP contribution is 2.23. The number of nitrogens with zero attached hydrogens (tertiary/aromatic N) is 1. The number of carboxylic acid groups (broad SMARTS) is 1. The molecule has 154 valence electrons. The van der Waals surface area contributed by atoms with Crippen molar-refractivity contribution >= 4 is 51.5 Å². The van der Waals surface area contributed by atoms with Crippen molar-refractivity contribution in [2.75, 3.05) is 10.6 Å². The first-order valence-electron chi connectivity index (χ1n) is 9.00. The molecule has 0 aliphatic heterocycles. The van der Waals surface area contributed by atoms with Crippen molar-refractivity contribution in [2.45, 2.75) is 12.8 Å². The largest absolute Gasteiger partial charge is 0.481 e. The number of anilines is 2. The minimum absolute atomic E-state index is 0.119. The molecule has 3 aromatic rings. The predicted molar refractivity (Wildman–Crippen MR) is 116 cm³/mol. The molecule has 3 N–H and O–H groups in total. The van der Waals surface area contributed by atoms with Crippen LogP contribution in [0.3, 0.4) is 0 Å². The Labute approximate surface area is 181 Å². The van der Waals surface area contributed by atoms with E-state index in [0.717, 1.165) is 16.9 Å². The maximum absolute atomic E-state index is 12.6. The summed E-state index contributed by atoms with van der Waals surface area (Å²) in [6, 6.07) is 16.0. The quantitative estimate of drug-likeness (QED) is 0.480. The molecular weight excluding hydrogens is 426 g/mol. The van der Waals surface area contributed by atoms with E-state index in [4.69, 9.17) is 16.7 Å². The first kappa shape index (κ1) is 21.5. The second-order valence-electron chi connectivity index (χ2n) is 6.45. The molecule has 1 unspecified atom stereocenters. The van der Waals surface area contributed by atoms with E-state index in [1.54, 1.807) is 24.3 Å². The van der Waals surface area contributed by atoms with E-state index >= 15 is 0 Å². The van der Waals surface area contributed by atoms with E-state index in [2.05, 4.69) is 15.6 Å². The Kier molecular flexibility index (Phi) is 7.16. The zero-order chi connectivity index (χ0) is 21.5. The average molecular weight is 444 g/mol. The zero-order valence-corrected chi connectivity index (χ0v) is 17.2. The summed E-state index contributed by atoms with van der Waals surface area (Å²) in [5.41, 5.74) is 1.43. The number of thiazole rings is 1. The lowest BCUT2D eigenvalue weighted by Crippen LogP contribution is -2.27. The van der Waals surface area contributed by atoms with Gasteiger partial charge in [0.25, 0.3) is 5.91 Å². The maximum Gasteiger partial charge on any atom is 0.304 e. The molecule has 1 aromatic heterocycles. The molecule has 0 saturated carbocycles. The van der Waals surface area contributed by atoms with Gasteiger partial charge in [0, 0.05) is 5.38 Å². The number of aliphatic carboxylic acids is 1. The fraction of sp³-hybridized carbons (Fsp3) is 0.143. The van der Waals surface area contributed by atoms with Crippen LogP contribution in [0.15, 0.2) is 60.0 Å². The van der Waals surface area contributed by atoms with Gasteiger partial charge in [-0.2, -0.15) is 0 Å². The van der Waals surface area contributed by atoms with Crippen LogP contribution in [0.1, 0.15) is 22.5 Å². The highest BCUT2D eigenvalue weighted by molar-refractivity contribution is 7.14. The minimum Gasteiger partial charge on any atom is -0.481 e. The van der Waals surface area contributed by atoms with Gasteiger partial charge >= 0.3 is 5.97 Å². The molecule has 0 saturated heterocycles. The normalized spacial score (nSPS) is 11.5. The molecule has 1 atom stereocenters. The molecule has 2 amide bonds. The number of benzene rings is 2. The number of amides is 2. The molecule has 9 heteroatoms. The van der Waals surface area contributed by atoms with Crippen LogP contribution in [0.5, 0.6) is 0 Å². The van der Waals surface area contributed by atoms with Gasteiger partial charge in [0.2, 0.25) is 5.91 Å². The summed E-state index contributed by atoms with van der Waals surface area (Å²) in [6.07, 6.45) is -0.0316. The second-order valence-corrected chi connectivity index (χ2v) is 7.71. The van der Waals surface area contributed by atoms with Gasteiger partial charge < -0.3 is 15.7 Å². The summed E-state index contributed by atoms with van der Waals surface area (Å²) in [6.45, 7) is 0. The second kappa shape index (κ2) is 10.00. The van der Waals surface area contributed by atoms with E-state index in [1.165, 1.54) is 5.38 Å². The van der Waals surface area contributed by atoms with Gasteiger partial charge in [-0.25, -0.2) is 4.98 Å². The summed E-state index contributed by atoms with van der Waals surface area (Å²) in [5.74, 6) is -2.76. The topological polar surface area (TPSA) is 108 Å². The van der Waals surface area contributed by atoms with Crippen LogP contribution < -0.4 is 10.6 Å². The molecule has 0 fully saturated rings. The molecule has 0 spiro atoms. The molecule has 0 aliphatic rings. The Morgan fingerprint density at radius 2 is 1.73 bits per heavy atom. The number of para-hydroxylation sites is 1. The molecule has 30 heavy (non-hydrogen) atoms. The number of nitrogens with one attached hydrogen (secondary N) is 2. The summed E-state index contributed by atoms with van der Waals surface area (Å²) in [4.78, 5) is 40.3. The maximum atomic E-state index is 12.6. The number of carbonyl (C=O) groups is 3. The highest BCUT2D eigenvalue weighted by atomic mass is 35.5. The van der Waals surface area contributed by atoms with Crippen molar-refractivity contribution in [1.29, 1.82) is 0 Å². The van der Waals surface area contributed by atoms with E-state index in [0.29, 0.717) is 10.7 Å². The van der Waals surface area contributed by atoms with Gasteiger partial charge in [0.15, 0.2) is 5.13 Å². The van der Waals surface area contributed by atoms with Crippen LogP contribution in [-0.4, -0.2) is 27.9 Å². The predicted octanol–water partition coefficient (Wildman–Crippen LogP) is 4.32. The van der Waals surface area contributed by atoms with E-state index in [-0.39, 0.29) is 23.7 Å². The third-order valence-corrected chi connectivity index (χ3v) is 5.29. The number of rotatable bonds is 8. The molecule has 1 heterocycles. The number of hydrogen-bond donors (Lipinski definition) is 3. The monoisotopic (exact) mass is 443 g/mol. The van der Waals surface area contributed by atoms with Crippen molar-refractivity contribution in [3.63, 3.8) is 0 Å². The highest BCUT2D eigenvalue weighted by Gasteiger charge is 2.23. The SMILES string of the molecule is O=C(O)CC(Cc1ccccc1)C(=O)Nc1nc(C(=O)Nc2ccccc2Cl)cs1. The third kappa shape index (κ3) is 5.88. The number of halogens is 1. The molecule has 3 rings (SSSR count). The van der Waals surface area contributed by atoms with Crippen LogP contribution >= 0.6 is 22.9 Å². The van der Waals surface area contributed by atoms with Crippen LogP contribution in [0.4, 0.5) is 10.8 Å². The fourth-order valence-corrected chi connectivity index (χ4v) is 3.64. The van der Waals surface area contributed by atoms with Crippen molar-refractivity contribution in [3.05, 3.63) is 76.3 Å². The molecular formula is C21H18ClN3O4S. The number of aromatic nitrogens is 1. The van der Waals surface area contributed by atoms with Crippen LogP contribution in [0, 0.1) is 5.92 Å². The Bertz CT molecular complexity index is 1060. The Hall–Kier alpha value is -3.23.